The molecule has 0 aliphatic carbocycles. The molecule has 0 fully saturated rings. The maximum absolute atomic E-state index is 5.07. The van der Waals surface area contributed by atoms with Crippen molar-refractivity contribution < 1.29 is 4.74 Å². The molecule has 0 saturated heterocycles. The zero-order valence-electron chi connectivity index (χ0n) is 9.80. The van der Waals surface area contributed by atoms with E-state index in [1.165, 1.54) is 5.56 Å². The first kappa shape index (κ1) is 12.2. The third kappa shape index (κ3) is 3.36. The Balaban J connectivity index is 2.13. The smallest absolute Gasteiger partial charge is 0.114 e. The zero-order valence-corrected chi connectivity index (χ0v) is 10.6. The third-order valence-electron chi connectivity index (χ3n) is 2.49. The Kier molecular flexibility index (Phi) is 4.67. The van der Waals surface area contributed by atoms with Crippen LogP contribution in [0.25, 0.3) is 0 Å². The minimum Gasteiger partial charge on any atom is -0.383 e. The molecule has 0 spiro atoms. The summed E-state index contributed by atoms with van der Waals surface area (Å²) in [6.45, 7) is 1.52. The molecular formula is C13H16N2OS. The maximum atomic E-state index is 5.07. The Labute approximate surface area is 105 Å². The van der Waals surface area contributed by atoms with E-state index in [4.69, 9.17) is 4.74 Å². The molecule has 3 nitrogen and oxygen atoms in total. The van der Waals surface area contributed by atoms with E-state index >= 15 is 0 Å². The summed E-state index contributed by atoms with van der Waals surface area (Å²) in [5.74, 6) is 0. The molecule has 1 N–H and O–H groups in total. The average molecular weight is 248 g/mol. The molecule has 0 amide bonds. The second kappa shape index (κ2) is 6.49. The Morgan fingerprint density at radius 1 is 1.35 bits per heavy atom. The standard InChI is InChI=1S/C13H16N2OS/c1-16-9-7-14-12(13-15-8-10-17-13)11-5-3-2-4-6-11/h2-6,8,10,12,14H,7,9H2,1H3. The fourth-order valence-electron chi connectivity index (χ4n) is 1.68. The van der Waals surface area contributed by atoms with Crippen molar-refractivity contribution in [2.75, 3.05) is 20.3 Å². The predicted octanol–water partition coefficient (Wildman–Crippen LogP) is 2.47. The van der Waals surface area contributed by atoms with Gasteiger partial charge in [0.15, 0.2) is 0 Å². The van der Waals surface area contributed by atoms with Crippen LogP contribution >= 0.6 is 11.3 Å². The van der Waals surface area contributed by atoms with Crippen LogP contribution in [-0.4, -0.2) is 25.2 Å². The highest BCUT2D eigenvalue weighted by Crippen LogP contribution is 2.23. The molecule has 90 valence electrons. The number of benzene rings is 1. The number of nitrogens with zero attached hydrogens (tertiary/aromatic N) is 1. The fraction of sp³-hybridized carbons (Fsp3) is 0.308. The van der Waals surface area contributed by atoms with Crippen molar-refractivity contribution in [3.63, 3.8) is 0 Å². The van der Waals surface area contributed by atoms with Crippen LogP contribution in [0.2, 0.25) is 0 Å². The van der Waals surface area contributed by atoms with Gasteiger partial charge in [-0.2, -0.15) is 0 Å². The number of nitrogens with one attached hydrogen (secondary N) is 1. The third-order valence-corrected chi connectivity index (χ3v) is 3.33. The molecule has 0 saturated carbocycles. The van der Waals surface area contributed by atoms with Crippen LogP contribution in [-0.2, 0) is 4.74 Å². The SMILES string of the molecule is COCCNC(c1ccccc1)c1nccs1. The Hall–Kier alpha value is -1.23. The van der Waals surface area contributed by atoms with Crippen molar-refractivity contribution in [3.8, 4) is 0 Å². The molecule has 2 rings (SSSR count). The number of methoxy groups -OCH3 is 1. The van der Waals surface area contributed by atoms with Gasteiger partial charge >= 0.3 is 0 Å². The van der Waals surface area contributed by atoms with Crippen LogP contribution in [0.3, 0.4) is 0 Å². The lowest BCUT2D eigenvalue weighted by atomic mass is 10.1. The van der Waals surface area contributed by atoms with Crippen molar-refractivity contribution in [2.45, 2.75) is 6.04 Å². The van der Waals surface area contributed by atoms with Gasteiger partial charge in [0, 0.05) is 25.2 Å². The summed E-state index contributed by atoms with van der Waals surface area (Å²) in [6.07, 6.45) is 1.84. The molecule has 2 aromatic rings. The lowest BCUT2D eigenvalue weighted by Crippen LogP contribution is -2.25. The van der Waals surface area contributed by atoms with Crippen LogP contribution in [0, 0.1) is 0 Å². The minimum atomic E-state index is 0.159. The zero-order chi connectivity index (χ0) is 11.9. The normalized spacial score (nSPS) is 12.5. The molecule has 0 bridgehead atoms. The van der Waals surface area contributed by atoms with Gasteiger partial charge in [-0.05, 0) is 5.56 Å². The van der Waals surface area contributed by atoms with Gasteiger partial charge in [0.05, 0.1) is 12.6 Å². The first-order valence-corrected chi connectivity index (χ1v) is 6.46. The lowest BCUT2D eigenvalue weighted by Gasteiger charge is -2.16. The van der Waals surface area contributed by atoms with Gasteiger partial charge in [-0.1, -0.05) is 30.3 Å². The van der Waals surface area contributed by atoms with E-state index in [9.17, 15) is 0 Å². The second-order valence-corrected chi connectivity index (χ2v) is 4.59. The Morgan fingerprint density at radius 2 is 2.18 bits per heavy atom. The summed E-state index contributed by atoms with van der Waals surface area (Å²) < 4.78 is 5.07. The highest BCUT2D eigenvalue weighted by Gasteiger charge is 2.15. The lowest BCUT2D eigenvalue weighted by molar-refractivity contribution is 0.197. The summed E-state index contributed by atoms with van der Waals surface area (Å²) in [4.78, 5) is 4.39. The number of hydrogen-bond donors (Lipinski definition) is 1. The highest BCUT2D eigenvalue weighted by atomic mass is 32.1. The molecule has 1 atom stereocenters. The molecule has 1 heterocycles. The van der Waals surface area contributed by atoms with E-state index in [2.05, 4.69) is 22.4 Å². The molecular weight excluding hydrogens is 232 g/mol. The van der Waals surface area contributed by atoms with E-state index < -0.39 is 0 Å². The predicted molar refractivity (Wildman–Crippen MR) is 70.3 cm³/mol. The summed E-state index contributed by atoms with van der Waals surface area (Å²) in [6, 6.07) is 10.5. The molecule has 1 aromatic carbocycles. The van der Waals surface area contributed by atoms with Crippen LogP contribution < -0.4 is 5.32 Å². The van der Waals surface area contributed by atoms with E-state index in [0.29, 0.717) is 6.61 Å². The van der Waals surface area contributed by atoms with Gasteiger partial charge in [0.1, 0.15) is 5.01 Å². The molecule has 0 radical (unpaired) electrons. The van der Waals surface area contributed by atoms with Crippen molar-refractivity contribution >= 4 is 11.3 Å². The van der Waals surface area contributed by atoms with Crippen LogP contribution in [0.4, 0.5) is 0 Å². The second-order valence-electron chi connectivity index (χ2n) is 3.66. The van der Waals surface area contributed by atoms with Gasteiger partial charge in [0.2, 0.25) is 0 Å². The largest absolute Gasteiger partial charge is 0.383 e. The van der Waals surface area contributed by atoms with Gasteiger partial charge in [-0.3, -0.25) is 0 Å². The number of ether oxygens (including phenoxy) is 1. The van der Waals surface area contributed by atoms with Gasteiger partial charge in [-0.15, -0.1) is 11.3 Å². The number of rotatable bonds is 6. The molecule has 1 unspecified atom stereocenters. The highest BCUT2D eigenvalue weighted by molar-refractivity contribution is 7.09. The molecule has 1 aromatic heterocycles. The number of thiazole rings is 1. The van der Waals surface area contributed by atoms with Crippen molar-refractivity contribution in [3.05, 3.63) is 52.5 Å². The van der Waals surface area contributed by atoms with E-state index in [1.807, 2.05) is 29.8 Å². The first-order valence-electron chi connectivity index (χ1n) is 5.58. The van der Waals surface area contributed by atoms with E-state index in [-0.39, 0.29) is 6.04 Å². The number of aromatic nitrogens is 1. The summed E-state index contributed by atoms with van der Waals surface area (Å²) in [5, 5.41) is 6.56. The summed E-state index contributed by atoms with van der Waals surface area (Å²) in [7, 11) is 1.71. The fourth-order valence-corrected chi connectivity index (χ4v) is 2.41. The van der Waals surface area contributed by atoms with Crippen LogP contribution in [0.1, 0.15) is 16.6 Å². The topological polar surface area (TPSA) is 34.1 Å². The van der Waals surface area contributed by atoms with E-state index in [1.54, 1.807) is 18.4 Å². The average Bonchev–Trinajstić information content (AvgIpc) is 2.89. The summed E-state index contributed by atoms with van der Waals surface area (Å²) >= 11 is 1.67. The Morgan fingerprint density at radius 3 is 2.82 bits per heavy atom. The molecule has 4 heteroatoms. The monoisotopic (exact) mass is 248 g/mol. The maximum Gasteiger partial charge on any atom is 0.114 e. The quantitative estimate of drug-likeness (QED) is 0.797. The summed E-state index contributed by atoms with van der Waals surface area (Å²) in [5.41, 5.74) is 1.23. The number of hydrogen-bond acceptors (Lipinski definition) is 4. The Bertz CT molecular complexity index is 416. The van der Waals surface area contributed by atoms with Gasteiger partial charge < -0.3 is 10.1 Å². The minimum absolute atomic E-state index is 0.159. The van der Waals surface area contributed by atoms with Crippen molar-refractivity contribution in [1.82, 2.24) is 10.3 Å². The van der Waals surface area contributed by atoms with Gasteiger partial charge in [0.25, 0.3) is 0 Å². The molecule has 0 aliphatic heterocycles. The van der Waals surface area contributed by atoms with Crippen LogP contribution in [0.5, 0.6) is 0 Å². The van der Waals surface area contributed by atoms with Crippen LogP contribution in [0.15, 0.2) is 41.9 Å². The molecule has 0 aliphatic rings. The molecule has 17 heavy (non-hydrogen) atoms. The van der Waals surface area contributed by atoms with Crippen molar-refractivity contribution in [2.24, 2.45) is 0 Å². The van der Waals surface area contributed by atoms with E-state index in [0.717, 1.165) is 11.6 Å². The van der Waals surface area contributed by atoms with Crippen molar-refractivity contribution in [1.29, 1.82) is 0 Å². The first-order chi connectivity index (χ1) is 8.42. The van der Waals surface area contributed by atoms with Gasteiger partial charge in [-0.25, -0.2) is 4.98 Å².